The van der Waals surface area contributed by atoms with E-state index in [0.717, 1.165) is 31.7 Å². The molecule has 1 rings (SSSR count). The van der Waals surface area contributed by atoms with E-state index in [-0.39, 0.29) is 0 Å². The van der Waals surface area contributed by atoms with E-state index in [2.05, 4.69) is 24.5 Å². The molecule has 1 aromatic heterocycles. The molecule has 1 aromatic rings. The quantitative estimate of drug-likeness (QED) is 0.746. The van der Waals surface area contributed by atoms with E-state index in [4.69, 9.17) is 9.47 Å². The lowest BCUT2D eigenvalue weighted by atomic mass is 9.96. The molecule has 2 unspecified atom stereocenters. The van der Waals surface area contributed by atoms with Gasteiger partial charge in [-0.05, 0) is 36.8 Å². The smallest absolute Gasteiger partial charge is 0.134 e. The first-order valence-electron chi connectivity index (χ1n) is 6.58. The van der Waals surface area contributed by atoms with Gasteiger partial charge in [-0.25, -0.2) is 0 Å². The monoisotopic (exact) mass is 271 g/mol. The van der Waals surface area contributed by atoms with Crippen molar-refractivity contribution < 1.29 is 9.47 Å². The van der Waals surface area contributed by atoms with E-state index >= 15 is 0 Å². The van der Waals surface area contributed by atoms with Crippen molar-refractivity contribution in [1.82, 2.24) is 5.32 Å². The number of rotatable bonds is 9. The molecule has 2 atom stereocenters. The Morgan fingerprint density at radius 1 is 1.39 bits per heavy atom. The molecule has 0 aliphatic rings. The average Bonchev–Trinajstić information content (AvgIpc) is 2.85. The Morgan fingerprint density at radius 3 is 2.78 bits per heavy atom. The van der Waals surface area contributed by atoms with Crippen molar-refractivity contribution in [2.45, 2.75) is 32.7 Å². The van der Waals surface area contributed by atoms with Gasteiger partial charge in [0.25, 0.3) is 0 Å². The third-order valence-corrected chi connectivity index (χ3v) is 4.10. The average molecular weight is 271 g/mol. The SMILES string of the molecule is CCCNC(c1sccc1OC)C(C)CCOC. The van der Waals surface area contributed by atoms with Crippen molar-refractivity contribution in [2.24, 2.45) is 5.92 Å². The molecule has 0 radical (unpaired) electrons. The minimum Gasteiger partial charge on any atom is -0.496 e. The van der Waals surface area contributed by atoms with Gasteiger partial charge in [0.1, 0.15) is 5.75 Å². The molecule has 18 heavy (non-hydrogen) atoms. The number of hydrogen-bond acceptors (Lipinski definition) is 4. The maximum Gasteiger partial charge on any atom is 0.134 e. The van der Waals surface area contributed by atoms with Crippen LogP contribution in [0.4, 0.5) is 0 Å². The Bertz CT molecular complexity index is 327. The van der Waals surface area contributed by atoms with Gasteiger partial charge in [-0.3, -0.25) is 0 Å². The van der Waals surface area contributed by atoms with Crippen LogP contribution in [0.1, 0.15) is 37.6 Å². The molecule has 104 valence electrons. The summed E-state index contributed by atoms with van der Waals surface area (Å²) in [6, 6.07) is 2.40. The van der Waals surface area contributed by atoms with Gasteiger partial charge in [0, 0.05) is 19.8 Å². The minimum absolute atomic E-state index is 0.357. The second-order valence-corrected chi connectivity index (χ2v) is 5.49. The topological polar surface area (TPSA) is 30.5 Å². The van der Waals surface area contributed by atoms with Crippen LogP contribution in [-0.2, 0) is 4.74 Å². The molecule has 4 heteroatoms. The largest absolute Gasteiger partial charge is 0.496 e. The molecular weight excluding hydrogens is 246 g/mol. The third kappa shape index (κ3) is 4.26. The van der Waals surface area contributed by atoms with Crippen LogP contribution in [0, 0.1) is 5.92 Å². The Balaban J connectivity index is 2.76. The molecule has 1 heterocycles. The molecule has 0 saturated carbocycles. The molecule has 3 nitrogen and oxygen atoms in total. The van der Waals surface area contributed by atoms with E-state index in [9.17, 15) is 0 Å². The van der Waals surface area contributed by atoms with E-state index in [1.54, 1.807) is 25.6 Å². The Labute approximate surface area is 114 Å². The minimum atomic E-state index is 0.357. The zero-order chi connectivity index (χ0) is 13.4. The summed E-state index contributed by atoms with van der Waals surface area (Å²) >= 11 is 1.77. The van der Waals surface area contributed by atoms with Crippen molar-refractivity contribution in [2.75, 3.05) is 27.4 Å². The maximum absolute atomic E-state index is 5.44. The van der Waals surface area contributed by atoms with Gasteiger partial charge in [0.2, 0.25) is 0 Å². The normalized spacial score (nSPS) is 14.4. The van der Waals surface area contributed by atoms with Crippen LogP contribution in [0.5, 0.6) is 5.75 Å². The second-order valence-electron chi connectivity index (χ2n) is 4.54. The molecule has 1 N–H and O–H groups in total. The highest BCUT2D eigenvalue weighted by atomic mass is 32.1. The fourth-order valence-electron chi connectivity index (χ4n) is 2.03. The summed E-state index contributed by atoms with van der Waals surface area (Å²) in [5.41, 5.74) is 0. The molecule has 0 aliphatic heterocycles. The number of ether oxygens (including phenoxy) is 2. The standard InChI is InChI=1S/C14H25NO2S/c1-5-8-15-13(11(2)6-9-16-3)14-12(17-4)7-10-18-14/h7,10-11,13,15H,5-6,8-9H2,1-4H3. The van der Waals surface area contributed by atoms with Gasteiger partial charge in [-0.15, -0.1) is 11.3 Å². The summed E-state index contributed by atoms with van der Waals surface area (Å²) in [7, 11) is 3.50. The molecule has 0 bridgehead atoms. The van der Waals surface area contributed by atoms with Gasteiger partial charge >= 0.3 is 0 Å². The molecule has 0 spiro atoms. The van der Waals surface area contributed by atoms with E-state index in [1.165, 1.54) is 4.88 Å². The predicted molar refractivity (Wildman–Crippen MR) is 77.6 cm³/mol. The first-order valence-corrected chi connectivity index (χ1v) is 7.46. The van der Waals surface area contributed by atoms with Gasteiger partial charge in [0.15, 0.2) is 0 Å². The van der Waals surface area contributed by atoms with Crippen LogP contribution >= 0.6 is 11.3 Å². The second kappa shape index (κ2) is 8.51. The molecule has 0 amide bonds. The Morgan fingerprint density at radius 2 is 2.17 bits per heavy atom. The molecule has 0 fully saturated rings. The number of hydrogen-bond donors (Lipinski definition) is 1. The lowest BCUT2D eigenvalue weighted by Gasteiger charge is -2.25. The van der Waals surface area contributed by atoms with Gasteiger partial charge in [-0.2, -0.15) is 0 Å². The lowest BCUT2D eigenvalue weighted by Crippen LogP contribution is -2.28. The van der Waals surface area contributed by atoms with E-state index in [0.29, 0.717) is 12.0 Å². The Hall–Kier alpha value is -0.580. The maximum atomic E-state index is 5.44. The number of nitrogens with one attached hydrogen (secondary N) is 1. The lowest BCUT2D eigenvalue weighted by molar-refractivity contribution is 0.170. The number of thiophene rings is 1. The summed E-state index contributed by atoms with van der Waals surface area (Å²) in [6.45, 7) is 6.29. The van der Waals surface area contributed by atoms with Crippen molar-refractivity contribution in [3.63, 3.8) is 0 Å². The summed E-state index contributed by atoms with van der Waals surface area (Å²) < 4.78 is 10.6. The van der Waals surface area contributed by atoms with Crippen LogP contribution in [-0.4, -0.2) is 27.4 Å². The zero-order valence-corrected chi connectivity index (χ0v) is 12.7. The van der Waals surface area contributed by atoms with Gasteiger partial charge in [-0.1, -0.05) is 13.8 Å². The van der Waals surface area contributed by atoms with Gasteiger partial charge < -0.3 is 14.8 Å². The highest BCUT2D eigenvalue weighted by Crippen LogP contribution is 2.35. The summed E-state index contributed by atoms with van der Waals surface area (Å²) in [4.78, 5) is 1.30. The fraction of sp³-hybridized carbons (Fsp3) is 0.714. The summed E-state index contributed by atoms with van der Waals surface area (Å²) in [5, 5.41) is 5.73. The predicted octanol–water partition coefficient (Wildman–Crippen LogP) is 3.47. The van der Waals surface area contributed by atoms with Crippen molar-refractivity contribution >= 4 is 11.3 Å². The van der Waals surface area contributed by atoms with Crippen molar-refractivity contribution in [3.05, 3.63) is 16.3 Å². The highest BCUT2D eigenvalue weighted by Gasteiger charge is 2.22. The van der Waals surface area contributed by atoms with E-state index in [1.807, 2.05) is 6.07 Å². The van der Waals surface area contributed by atoms with Crippen LogP contribution < -0.4 is 10.1 Å². The highest BCUT2D eigenvalue weighted by molar-refractivity contribution is 7.10. The molecule has 0 aliphatic carbocycles. The van der Waals surface area contributed by atoms with Crippen LogP contribution in [0.25, 0.3) is 0 Å². The molecular formula is C14H25NO2S. The third-order valence-electron chi connectivity index (χ3n) is 3.12. The van der Waals surface area contributed by atoms with Crippen LogP contribution in [0.2, 0.25) is 0 Å². The van der Waals surface area contributed by atoms with Gasteiger partial charge in [0.05, 0.1) is 12.0 Å². The Kier molecular flexibility index (Phi) is 7.32. The first-order chi connectivity index (χ1) is 8.74. The van der Waals surface area contributed by atoms with Crippen LogP contribution in [0.15, 0.2) is 11.4 Å². The van der Waals surface area contributed by atoms with Crippen molar-refractivity contribution in [1.29, 1.82) is 0 Å². The summed E-state index contributed by atoms with van der Waals surface area (Å²) in [6.07, 6.45) is 2.19. The van der Waals surface area contributed by atoms with Crippen LogP contribution in [0.3, 0.4) is 0 Å². The zero-order valence-electron chi connectivity index (χ0n) is 11.9. The molecule has 0 saturated heterocycles. The first kappa shape index (κ1) is 15.5. The summed E-state index contributed by atoms with van der Waals surface area (Å²) in [5.74, 6) is 1.53. The van der Waals surface area contributed by atoms with E-state index < -0.39 is 0 Å². The molecule has 0 aromatic carbocycles. The van der Waals surface area contributed by atoms with Crippen molar-refractivity contribution in [3.8, 4) is 5.75 Å². The fourth-order valence-corrected chi connectivity index (χ4v) is 3.10. The number of methoxy groups -OCH3 is 2.